The first kappa shape index (κ1) is 14.3. The number of ether oxygens (including phenoxy) is 1. The second-order valence-corrected chi connectivity index (χ2v) is 5.44. The number of aliphatic carboxylic acids is 1. The van der Waals surface area contributed by atoms with Gasteiger partial charge in [-0.25, -0.2) is 4.79 Å². The van der Waals surface area contributed by atoms with Gasteiger partial charge in [0, 0.05) is 13.2 Å². The van der Waals surface area contributed by atoms with E-state index in [1.54, 1.807) is 4.90 Å². The van der Waals surface area contributed by atoms with Gasteiger partial charge in [0.1, 0.15) is 12.1 Å². The summed E-state index contributed by atoms with van der Waals surface area (Å²) in [6, 6.07) is -0.668. The van der Waals surface area contributed by atoms with E-state index in [4.69, 9.17) is 4.74 Å². The Labute approximate surface area is 113 Å². The van der Waals surface area contributed by atoms with Crippen molar-refractivity contribution < 1.29 is 19.4 Å². The third-order valence-electron chi connectivity index (χ3n) is 4.03. The number of rotatable bonds is 2. The van der Waals surface area contributed by atoms with Crippen molar-refractivity contribution in [1.29, 1.82) is 0 Å². The molecule has 108 valence electrons. The third-order valence-corrected chi connectivity index (χ3v) is 4.03. The molecule has 0 bridgehead atoms. The van der Waals surface area contributed by atoms with Crippen LogP contribution in [0.4, 0.5) is 0 Å². The minimum Gasteiger partial charge on any atom is -0.480 e. The largest absolute Gasteiger partial charge is 0.480 e. The molecule has 5 heteroatoms. The summed E-state index contributed by atoms with van der Waals surface area (Å²) in [5.41, 5.74) is 0. The molecule has 0 aromatic carbocycles. The van der Waals surface area contributed by atoms with Crippen LogP contribution in [-0.2, 0) is 14.3 Å². The molecule has 0 spiro atoms. The molecule has 2 saturated heterocycles. The summed E-state index contributed by atoms with van der Waals surface area (Å²) in [7, 11) is 0. The highest BCUT2D eigenvalue weighted by molar-refractivity contribution is 5.86. The van der Waals surface area contributed by atoms with E-state index in [1.807, 2.05) is 0 Å². The molecule has 2 atom stereocenters. The zero-order valence-electron chi connectivity index (χ0n) is 11.3. The highest BCUT2D eigenvalue weighted by Crippen LogP contribution is 2.21. The fourth-order valence-corrected chi connectivity index (χ4v) is 2.93. The lowest BCUT2D eigenvalue weighted by atomic mass is 10.00. The molecule has 0 radical (unpaired) electrons. The van der Waals surface area contributed by atoms with E-state index in [1.165, 1.54) is 0 Å². The lowest BCUT2D eigenvalue weighted by Crippen LogP contribution is -2.51. The normalized spacial score (nSPS) is 29.4. The number of likely N-dealkylation sites (tertiary alicyclic amines) is 1. The Balaban J connectivity index is 2.06. The van der Waals surface area contributed by atoms with Crippen LogP contribution in [0.25, 0.3) is 0 Å². The first-order chi connectivity index (χ1) is 9.20. The van der Waals surface area contributed by atoms with Crippen molar-refractivity contribution in [1.82, 2.24) is 4.90 Å². The van der Waals surface area contributed by atoms with Gasteiger partial charge in [0.2, 0.25) is 0 Å². The average Bonchev–Trinajstić information content (AvgIpc) is 2.38. The summed E-state index contributed by atoms with van der Waals surface area (Å²) >= 11 is 0. The van der Waals surface area contributed by atoms with Gasteiger partial charge < -0.3 is 14.7 Å². The molecule has 2 aliphatic heterocycles. The van der Waals surface area contributed by atoms with Crippen LogP contribution in [0.1, 0.15) is 51.4 Å². The number of carboxylic acid groups (broad SMARTS) is 1. The zero-order valence-corrected chi connectivity index (χ0v) is 11.3. The maximum Gasteiger partial charge on any atom is 0.326 e. The predicted molar refractivity (Wildman–Crippen MR) is 69.8 cm³/mol. The molecule has 0 aliphatic carbocycles. The standard InChI is InChI=1S/C14H23NO4/c16-13(12-8-4-6-10-19-12)15-9-5-2-1-3-7-11(15)14(17)18/h11-12H,1-10H2,(H,17,18). The summed E-state index contributed by atoms with van der Waals surface area (Å²) in [6.45, 7) is 1.16. The monoisotopic (exact) mass is 269 g/mol. The van der Waals surface area contributed by atoms with Crippen molar-refractivity contribution in [2.75, 3.05) is 13.2 Å². The van der Waals surface area contributed by atoms with E-state index in [-0.39, 0.29) is 5.91 Å². The van der Waals surface area contributed by atoms with Gasteiger partial charge in [0.25, 0.3) is 5.91 Å². The van der Waals surface area contributed by atoms with Crippen LogP contribution in [0.3, 0.4) is 0 Å². The van der Waals surface area contributed by atoms with Crippen LogP contribution in [0.2, 0.25) is 0 Å². The molecule has 0 aromatic rings. The maximum absolute atomic E-state index is 12.5. The first-order valence-corrected chi connectivity index (χ1v) is 7.35. The van der Waals surface area contributed by atoms with Crippen molar-refractivity contribution >= 4 is 11.9 Å². The molecular weight excluding hydrogens is 246 g/mol. The third kappa shape index (κ3) is 3.69. The maximum atomic E-state index is 12.5. The summed E-state index contributed by atoms with van der Waals surface area (Å²) in [4.78, 5) is 25.4. The highest BCUT2D eigenvalue weighted by Gasteiger charge is 2.34. The van der Waals surface area contributed by atoms with Crippen LogP contribution in [0, 0.1) is 0 Å². The topological polar surface area (TPSA) is 66.8 Å². The average molecular weight is 269 g/mol. The molecule has 2 rings (SSSR count). The fraction of sp³-hybridized carbons (Fsp3) is 0.857. The lowest BCUT2D eigenvalue weighted by molar-refractivity contribution is -0.158. The molecule has 2 aliphatic rings. The summed E-state index contributed by atoms with van der Waals surface area (Å²) in [5, 5.41) is 9.34. The minimum absolute atomic E-state index is 0.117. The van der Waals surface area contributed by atoms with Gasteiger partial charge in [-0.05, 0) is 32.1 Å². The van der Waals surface area contributed by atoms with Crippen LogP contribution < -0.4 is 0 Å². The number of amides is 1. The minimum atomic E-state index is -0.883. The van der Waals surface area contributed by atoms with Crippen molar-refractivity contribution in [2.45, 2.75) is 63.5 Å². The second-order valence-electron chi connectivity index (χ2n) is 5.44. The second kappa shape index (κ2) is 6.89. The number of hydrogen-bond donors (Lipinski definition) is 1. The summed E-state index contributed by atoms with van der Waals surface area (Å²) < 4.78 is 5.51. The zero-order chi connectivity index (χ0) is 13.7. The molecule has 1 N–H and O–H groups in total. The number of carboxylic acids is 1. The van der Waals surface area contributed by atoms with Gasteiger partial charge in [-0.1, -0.05) is 19.3 Å². The van der Waals surface area contributed by atoms with Crippen molar-refractivity contribution in [3.63, 3.8) is 0 Å². The number of hydrogen-bond acceptors (Lipinski definition) is 3. The quantitative estimate of drug-likeness (QED) is 0.830. The van der Waals surface area contributed by atoms with E-state index in [9.17, 15) is 14.7 Å². The number of nitrogens with zero attached hydrogens (tertiary/aromatic N) is 1. The van der Waals surface area contributed by atoms with Gasteiger partial charge in [0.15, 0.2) is 0 Å². The van der Waals surface area contributed by atoms with E-state index in [0.717, 1.165) is 44.9 Å². The molecular formula is C14H23NO4. The molecule has 19 heavy (non-hydrogen) atoms. The van der Waals surface area contributed by atoms with Gasteiger partial charge in [0.05, 0.1) is 0 Å². The van der Waals surface area contributed by atoms with Gasteiger partial charge >= 0.3 is 5.97 Å². The molecule has 0 aromatic heterocycles. The van der Waals surface area contributed by atoms with E-state index >= 15 is 0 Å². The Kier molecular flexibility index (Phi) is 5.19. The molecule has 2 fully saturated rings. The Bertz CT molecular complexity index is 325. The Morgan fingerprint density at radius 3 is 2.42 bits per heavy atom. The molecule has 2 heterocycles. The Hall–Kier alpha value is -1.10. The van der Waals surface area contributed by atoms with E-state index < -0.39 is 18.1 Å². The fourth-order valence-electron chi connectivity index (χ4n) is 2.93. The molecule has 2 unspecified atom stereocenters. The SMILES string of the molecule is O=C(O)C1CCCCCCN1C(=O)C1CCCCO1. The molecule has 5 nitrogen and oxygen atoms in total. The van der Waals surface area contributed by atoms with Gasteiger partial charge in [-0.2, -0.15) is 0 Å². The lowest BCUT2D eigenvalue weighted by Gasteiger charge is -2.34. The van der Waals surface area contributed by atoms with Crippen molar-refractivity contribution in [2.24, 2.45) is 0 Å². The van der Waals surface area contributed by atoms with Crippen LogP contribution in [0.5, 0.6) is 0 Å². The Morgan fingerprint density at radius 1 is 1.00 bits per heavy atom. The van der Waals surface area contributed by atoms with Crippen molar-refractivity contribution in [3.05, 3.63) is 0 Å². The van der Waals surface area contributed by atoms with Crippen molar-refractivity contribution in [3.8, 4) is 0 Å². The van der Waals surface area contributed by atoms with Crippen LogP contribution >= 0.6 is 0 Å². The van der Waals surface area contributed by atoms with E-state index in [2.05, 4.69) is 0 Å². The number of carbonyl (C=O) groups excluding carboxylic acids is 1. The van der Waals surface area contributed by atoms with Gasteiger partial charge in [-0.15, -0.1) is 0 Å². The highest BCUT2D eigenvalue weighted by atomic mass is 16.5. The Morgan fingerprint density at radius 2 is 1.74 bits per heavy atom. The van der Waals surface area contributed by atoms with E-state index in [0.29, 0.717) is 19.6 Å². The van der Waals surface area contributed by atoms with Crippen LogP contribution in [0.15, 0.2) is 0 Å². The number of carbonyl (C=O) groups is 2. The molecule has 0 saturated carbocycles. The smallest absolute Gasteiger partial charge is 0.326 e. The predicted octanol–water partition coefficient (Wildman–Crippen LogP) is 1.80. The van der Waals surface area contributed by atoms with Gasteiger partial charge in [-0.3, -0.25) is 4.79 Å². The summed E-state index contributed by atoms with van der Waals surface area (Å²) in [6.07, 6.45) is 6.75. The van der Waals surface area contributed by atoms with Crippen LogP contribution in [-0.4, -0.2) is 47.2 Å². The molecule has 1 amide bonds. The summed E-state index contributed by atoms with van der Waals surface area (Å²) in [5.74, 6) is -1.000. The first-order valence-electron chi connectivity index (χ1n) is 7.35.